The number of anilines is 1. The van der Waals surface area contributed by atoms with E-state index in [9.17, 15) is 4.79 Å². The second kappa shape index (κ2) is 7.20. The summed E-state index contributed by atoms with van der Waals surface area (Å²) < 4.78 is 11.0. The van der Waals surface area contributed by atoms with Crippen molar-refractivity contribution in [3.8, 4) is 0 Å². The van der Waals surface area contributed by atoms with Gasteiger partial charge in [0.25, 0.3) is 0 Å². The number of likely N-dealkylation sites (tertiary alicyclic amines) is 1. The van der Waals surface area contributed by atoms with E-state index < -0.39 is 5.60 Å². The summed E-state index contributed by atoms with van der Waals surface area (Å²) in [5.41, 5.74) is 1.77. The van der Waals surface area contributed by atoms with Gasteiger partial charge in [0.15, 0.2) is 0 Å². The molecule has 0 aromatic carbocycles. The van der Waals surface area contributed by atoms with Gasteiger partial charge in [0.1, 0.15) is 11.4 Å². The van der Waals surface area contributed by atoms with Gasteiger partial charge in [-0.3, -0.25) is 0 Å². The third-order valence-electron chi connectivity index (χ3n) is 4.65. The molecule has 0 bridgehead atoms. The molecule has 1 aromatic rings. The Morgan fingerprint density at radius 2 is 2.00 bits per heavy atom. The lowest BCUT2D eigenvalue weighted by atomic mass is 10.0. The average molecular weight is 347 g/mol. The van der Waals surface area contributed by atoms with Crippen molar-refractivity contribution < 1.29 is 14.3 Å². The van der Waals surface area contributed by atoms with Crippen LogP contribution in [-0.4, -0.2) is 54.4 Å². The number of rotatable bonds is 2. The van der Waals surface area contributed by atoms with Crippen LogP contribution >= 0.6 is 0 Å². The highest BCUT2D eigenvalue weighted by Gasteiger charge is 2.33. The van der Waals surface area contributed by atoms with E-state index in [0.717, 1.165) is 62.6 Å². The summed E-state index contributed by atoms with van der Waals surface area (Å²) in [6.07, 6.45) is 3.64. The molecule has 0 unspecified atom stereocenters. The molecule has 3 rings (SSSR count). The van der Waals surface area contributed by atoms with Crippen LogP contribution in [0.5, 0.6) is 0 Å². The molecule has 0 N–H and O–H groups in total. The Bertz CT molecular complexity index is 621. The maximum atomic E-state index is 12.5. The van der Waals surface area contributed by atoms with E-state index in [0.29, 0.717) is 0 Å². The van der Waals surface area contributed by atoms with Crippen LogP contribution in [0.4, 0.5) is 10.6 Å². The van der Waals surface area contributed by atoms with E-state index in [1.807, 2.05) is 31.9 Å². The molecule has 1 amide bonds. The highest BCUT2D eigenvalue weighted by Crippen LogP contribution is 2.34. The van der Waals surface area contributed by atoms with E-state index in [4.69, 9.17) is 14.5 Å². The van der Waals surface area contributed by atoms with Gasteiger partial charge in [-0.15, -0.1) is 0 Å². The van der Waals surface area contributed by atoms with E-state index in [1.165, 1.54) is 0 Å². The number of aromatic nitrogens is 1. The Morgan fingerprint density at radius 1 is 1.28 bits per heavy atom. The molecule has 0 saturated carbocycles. The Morgan fingerprint density at radius 3 is 2.64 bits per heavy atom. The van der Waals surface area contributed by atoms with E-state index >= 15 is 0 Å². The highest BCUT2D eigenvalue weighted by molar-refractivity contribution is 5.69. The monoisotopic (exact) mass is 347 g/mol. The summed E-state index contributed by atoms with van der Waals surface area (Å²) in [6.45, 7) is 11.8. The maximum absolute atomic E-state index is 12.5. The number of amides is 1. The zero-order chi connectivity index (χ0) is 18.0. The third-order valence-corrected chi connectivity index (χ3v) is 4.65. The summed E-state index contributed by atoms with van der Waals surface area (Å²) in [4.78, 5) is 21.3. The molecule has 3 heterocycles. The quantitative estimate of drug-likeness (QED) is 0.822. The molecule has 6 heteroatoms. The number of hydrogen-bond donors (Lipinski definition) is 0. The van der Waals surface area contributed by atoms with Crippen molar-refractivity contribution >= 4 is 11.9 Å². The lowest BCUT2D eigenvalue weighted by molar-refractivity contribution is 0.0224. The van der Waals surface area contributed by atoms with Crippen LogP contribution in [-0.2, 0) is 9.47 Å². The lowest BCUT2D eigenvalue weighted by Crippen LogP contribution is -2.37. The fraction of sp³-hybridized carbons (Fsp3) is 0.684. The maximum Gasteiger partial charge on any atom is 0.410 e. The molecule has 138 valence electrons. The minimum atomic E-state index is -0.474. The molecule has 2 saturated heterocycles. The number of ether oxygens (including phenoxy) is 2. The van der Waals surface area contributed by atoms with Crippen molar-refractivity contribution in [2.24, 2.45) is 0 Å². The zero-order valence-corrected chi connectivity index (χ0v) is 15.7. The summed E-state index contributed by atoms with van der Waals surface area (Å²) in [7, 11) is 0. The minimum absolute atomic E-state index is 0.0554. The van der Waals surface area contributed by atoms with Gasteiger partial charge >= 0.3 is 6.09 Å². The predicted octanol–water partition coefficient (Wildman–Crippen LogP) is 3.30. The number of aryl methyl sites for hydroxylation is 1. The van der Waals surface area contributed by atoms with Crippen LogP contribution in [0.25, 0.3) is 0 Å². The van der Waals surface area contributed by atoms with Crippen molar-refractivity contribution in [1.82, 2.24) is 9.88 Å². The fourth-order valence-corrected chi connectivity index (χ4v) is 3.53. The molecule has 0 aliphatic carbocycles. The Balaban J connectivity index is 1.76. The topological polar surface area (TPSA) is 54.9 Å². The largest absolute Gasteiger partial charge is 0.444 e. The number of morpholine rings is 1. The van der Waals surface area contributed by atoms with Crippen LogP contribution in [0.2, 0.25) is 0 Å². The number of pyridine rings is 1. The van der Waals surface area contributed by atoms with Gasteiger partial charge in [-0.05, 0) is 57.7 Å². The summed E-state index contributed by atoms with van der Waals surface area (Å²) >= 11 is 0. The SMILES string of the molecule is Cc1cc([C@@H]2CCCN2C(=O)OC(C)(C)C)cnc1N1CCOCC1. The number of carbonyl (C=O) groups excluding carboxylic acids is 1. The van der Waals surface area contributed by atoms with Gasteiger partial charge in [0.2, 0.25) is 0 Å². The van der Waals surface area contributed by atoms with Crippen molar-refractivity contribution in [3.05, 3.63) is 23.4 Å². The average Bonchev–Trinajstić information content (AvgIpc) is 3.04. The molecule has 6 nitrogen and oxygen atoms in total. The van der Waals surface area contributed by atoms with Gasteiger partial charge in [-0.1, -0.05) is 0 Å². The molecule has 2 aliphatic rings. The fourth-order valence-electron chi connectivity index (χ4n) is 3.53. The van der Waals surface area contributed by atoms with Crippen LogP contribution in [0, 0.1) is 6.92 Å². The third kappa shape index (κ3) is 4.24. The molecule has 0 spiro atoms. The van der Waals surface area contributed by atoms with Crippen LogP contribution in [0.3, 0.4) is 0 Å². The molecule has 2 aliphatic heterocycles. The molecule has 0 radical (unpaired) electrons. The van der Waals surface area contributed by atoms with Gasteiger partial charge < -0.3 is 19.3 Å². The summed E-state index contributed by atoms with van der Waals surface area (Å²) in [5, 5.41) is 0. The second-order valence-corrected chi connectivity index (χ2v) is 7.84. The molecule has 1 atom stereocenters. The predicted molar refractivity (Wildman–Crippen MR) is 96.9 cm³/mol. The molecule has 2 fully saturated rings. The van der Waals surface area contributed by atoms with Crippen molar-refractivity contribution in [1.29, 1.82) is 0 Å². The normalized spacial score (nSPS) is 21.5. The van der Waals surface area contributed by atoms with Crippen molar-refractivity contribution in [2.45, 2.75) is 52.2 Å². The molecular weight excluding hydrogens is 318 g/mol. The Labute approximate surface area is 150 Å². The minimum Gasteiger partial charge on any atom is -0.444 e. The van der Waals surface area contributed by atoms with E-state index in [1.54, 1.807) is 0 Å². The highest BCUT2D eigenvalue weighted by atomic mass is 16.6. The molecule has 1 aromatic heterocycles. The Kier molecular flexibility index (Phi) is 5.18. The van der Waals surface area contributed by atoms with Crippen LogP contribution in [0.15, 0.2) is 12.3 Å². The van der Waals surface area contributed by atoms with Gasteiger partial charge in [0.05, 0.1) is 19.3 Å². The lowest BCUT2D eigenvalue weighted by Gasteiger charge is -2.31. The summed E-state index contributed by atoms with van der Waals surface area (Å²) in [5.74, 6) is 1.02. The van der Waals surface area contributed by atoms with Gasteiger partial charge in [-0.25, -0.2) is 9.78 Å². The van der Waals surface area contributed by atoms with Crippen molar-refractivity contribution in [3.63, 3.8) is 0 Å². The molecular formula is C19H29N3O3. The van der Waals surface area contributed by atoms with Gasteiger partial charge in [-0.2, -0.15) is 0 Å². The standard InChI is InChI=1S/C19H29N3O3/c1-14-12-15(13-20-17(14)21-8-10-24-11-9-21)16-6-5-7-22(16)18(23)25-19(2,3)4/h12-13,16H,5-11H2,1-4H3/t16-/m0/s1. The first-order chi connectivity index (χ1) is 11.8. The summed E-state index contributed by atoms with van der Waals surface area (Å²) in [6, 6.07) is 2.23. The van der Waals surface area contributed by atoms with Crippen LogP contribution < -0.4 is 4.90 Å². The van der Waals surface area contributed by atoms with Gasteiger partial charge in [0, 0.05) is 25.8 Å². The number of hydrogen-bond acceptors (Lipinski definition) is 5. The van der Waals surface area contributed by atoms with Crippen LogP contribution in [0.1, 0.15) is 50.8 Å². The first kappa shape index (κ1) is 18.0. The second-order valence-electron chi connectivity index (χ2n) is 7.84. The first-order valence-corrected chi connectivity index (χ1v) is 9.14. The first-order valence-electron chi connectivity index (χ1n) is 9.14. The smallest absolute Gasteiger partial charge is 0.410 e. The number of nitrogens with zero attached hydrogens (tertiary/aromatic N) is 3. The van der Waals surface area contributed by atoms with E-state index in [2.05, 4.69) is 17.9 Å². The van der Waals surface area contributed by atoms with E-state index in [-0.39, 0.29) is 12.1 Å². The molecule has 25 heavy (non-hydrogen) atoms. The zero-order valence-electron chi connectivity index (χ0n) is 15.7. The number of carbonyl (C=O) groups is 1. The van der Waals surface area contributed by atoms with Crippen molar-refractivity contribution in [2.75, 3.05) is 37.7 Å². The Hall–Kier alpha value is -1.82.